The summed E-state index contributed by atoms with van der Waals surface area (Å²) in [4.78, 5) is 27.3. The summed E-state index contributed by atoms with van der Waals surface area (Å²) >= 11 is 5.87. The summed E-state index contributed by atoms with van der Waals surface area (Å²) in [6.45, 7) is 2.00. The highest BCUT2D eigenvalue weighted by Crippen LogP contribution is 2.24. The number of piperidine rings is 1. The lowest BCUT2D eigenvalue weighted by molar-refractivity contribution is -0.121. The second-order valence-corrected chi connectivity index (χ2v) is 8.95. The molecule has 34 heavy (non-hydrogen) atoms. The van der Waals surface area contributed by atoms with Crippen LogP contribution in [0, 0.1) is 0 Å². The molecule has 0 atom stereocenters. The Kier molecular flexibility index (Phi) is 7.45. The zero-order chi connectivity index (χ0) is 24.1. The highest BCUT2D eigenvalue weighted by Gasteiger charge is 2.19. The third-order valence-electron chi connectivity index (χ3n) is 6.06. The third-order valence-corrected chi connectivity index (χ3v) is 6.37. The molecular formula is C26H27ClN4O3. The van der Waals surface area contributed by atoms with Crippen molar-refractivity contribution in [2.75, 3.05) is 20.1 Å². The summed E-state index contributed by atoms with van der Waals surface area (Å²) < 4.78 is 0. The SMILES string of the molecule is CN1CCC(NC(=O)Cc2ccc(/C=N/NC(=O)c3ccc(O)c(Cl)c3)c3ccccc23)CC1. The number of phenols is 1. The number of carbonyl (C=O) groups is 2. The Morgan fingerprint density at radius 3 is 2.59 bits per heavy atom. The van der Waals surface area contributed by atoms with E-state index in [1.165, 1.54) is 18.2 Å². The Morgan fingerprint density at radius 1 is 1.12 bits per heavy atom. The fourth-order valence-electron chi connectivity index (χ4n) is 4.13. The Morgan fingerprint density at radius 2 is 1.85 bits per heavy atom. The summed E-state index contributed by atoms with van der Waals surface area (Å²) in [5, 5.41) is 18.8. The first kappa shape index (κ1) is 23.7. The summed E-state index contributed by atoms with van der Waals surface area (Å²) in [5.74, 6) is -0.501. The topological polar surface area (TPSA) is 94.0 Å². The molecule has 8 heteroatoms. The zero-order valence-corrected chi connectivity index (χ0v) is 19.7. The van der Waals surface area contributed by atoms with E-state index >= 15 is 0 Å². The number of hydrogen-bond donors (Lipinski definition) is 3. The standard InChI is InChI=1S/C26H27ClN4O3/c1-31-12-10-20(11-13-31)29-25(33)15-17-6-7-19(22-5-3-2-4-21(17)22)16-28-30-26(34)18-8-9-24(32)23(27)14-18/h2-9,14,16,20,32H,10-13,15H2,1H3,(H,29,33)(H,30,34)/b28-16+. The number of nitrogens with zero attached hydrogens (tertiary/aromatic N) is 2. The van der Waals surface area contributed by atoms with Crippen LogP contribution in [0.4, 0.5) is 0 Å². The molecular weight excluding hydrogens is 452 g/mol. The predicted molar refractivity (Wildman–Crippen MR) is 134 cm³/mol. The van der Waals surface area contributed by atoms with Gasteiger partial charge in [-0.2, -0.15) is 5.10 Å². The average Bonchev–Trinajstić information content (AvgIpc) is 2.83. The van der Waals surface area contributed by atoms with Crippen LogP contribution >= 0.6 is 11.6 Å². The predicted octanol–water partition coefficient (Wildman–Crippen LogP) is 3.72. The second kappa shape index (κ2) is 10.7. The van der Waals surface area contributed by atoms with Crippen LogP contribution in [-0.2, 0) is 11.2 Å². The van der Waals surface area contributed by atoms with E-state index in [-0.39, 0.29) is 28.3 Å². The Labute approximate surface area is 203 Å². The molecule has 1 heterocycles. The molecule has 0 saturated carbocycles. The summed E-state index contributed by atoms with van der Waals surface area (Å²) in [6, 6.07) is 16.1. The van der Waals surface area contributed by atoms with Crippen molar-refractivity contribution < 1.29 is 14.7 Å². The molecule has 176 valence electrons. The van der Waals surface area contributed by atoms with Crippen LogP contribution in [0.1, 0.15) is 34.3 Å². The van der Waals surface area contributed by atoms with Crippen LogP contribution in [-0.4, -0.2) is 54.2 Å². The zero-order valence-electron chi connectivity index (χ0n) is 18.9. The maximum atomic E-state index is 12.7. The number of nitrogens with one attached hydrogen (secondary N) is 2. The van der Waals surface area contributed by atoms with Gasteiger partial charge in [0, 0.05) is 17.2 Å². The molecule has 0 spiro atoms. The van der Waals surface area contributed by atoms with Gasteiger partial charge in [-0.25, -0.2) is 5.43 Å². The van der Waals surface area contributed by atoms with Crippen molar-refractivity contribution in [2.45, 2.75) is 25.3 Å². The Bertz CT molecular complexity index is 1240. The molecule has 1 saturated heterocycles. The van der Waals surface area contributed by atoms with E-state index in [9.17, 15) is 14.7 Å². The number of phenolic OH excluding ortho intramolecular Hbond substituents is 1. The largest absolute Gasteiger partial charge is 0.506 e. The first-order chi connectivity index (χ1) is 16.4. The minimum absolute atomic E-state index is 0.0287. The van der Waals surface area contributed by atoms with Crippen molar-refractivity contribution in [3.63, 3.8) is 0 Å². The fourth-order valence-corrected chi connectivity index (χ4v) is 4.31. The van der Waals surface area contributed by atoms with Gasteiger partial charge < -0.3 is 15.3 Å². The first-order valence-corrected chi connectivity index (χ1v) is 11.6. The molecule has 2 amide bonds. The molecule has 1 aliphatic heterocycles. The molecule has 1 aliphatic rings. The van der Waals surface area contributed by atoms with Crippen molar-refractivity contribution in [1.82, 2.24) is 15.6 Å². The quantitative estimate of drug-likeness (QED) is 0.372. The van der Waals surface area contributed by atoms with E-state index in [0.29, 0.717) is 6.42 Å². The summed E-state index contributed by atoms with van der Waals surface area (Å²) in [5.41, 5.74) is 4.53. The van der Waals surface area contributed by atoms with Crippen molar-refractivity contribution in [2.24, 2.45) is 5.10 Å². The molecule has 1 fully saturated rings. The molecule has 7 nitrogen and oxygen atoms in total. The van der Waals surface area contributed by atoms with Gasteiger partial charge in [-0.3, -0.25) is 9.59 Å². The van der Waals surface area contributed by atoms with E-state index in [0.717, 1.165) is 47.8 Å². The number of likely N-dealkylation sites (tertiary alicyclic amines) is 1. The molecule has 0 aromatic heterocycles. The fraction of sp³-hybridized carbons (Fsp3) is 0.269. The molecule has 0 bridgehead atoms. The number of carbonyl (C=O) groups excluding carboxylic acids is 2. The number of rotatable bonds is 6. The lowest BCUT2D eigenvalue weighted by Crippen LogP contribution is -2.43. The first-order valence-electron chi connectivity index (χ1n) is 11.2. The van der Waals surface area contributed by atoms with Crippen molar-refractivity contribution in [3.05, 3.63) is 76.3 Å². The van der Waals surface area contributed by atoms with Crippen molar-refractivity contribution in [3.8, 4) is 5.75 Å². The number of hydrazone groups is 1. The number of hydrogen-bond acceptors (Lipinski definition) is 5. The van der Waals surface area contributed by atoms with Gasteiger partial charge in [-0.15, -0.1) is 0 Å². The smallest absolute Gasteiger partial charge is 0.271 e. The van der Waals surface area contributed by atoms with Crippen LogP contribution in [0.3, 0.4) is 0 Å². The molecule has 3 N–H and O–H groups in total. The lowest BCUT2D eigenvalue weighted by atomic mass is 9.97. The Hall–Kier alpha value is -3.42. The molecule has 3 aromatic carbocycles. The minimum Gasteiger partial charge on any atom is -0.506 e. The van der Waals surface area contributed by atoms with Gasteiger partial charge in [0.05, 0.1) is 17.7 Å². The van der Waals surface area contributed by atoms with Crippen LogP contribution in [0.2, 0.25) is 5.02 Å². The highest BCUT2D eigenvalue weighted by atomic mass is 35.5. The number of aromatic hydroxyl groups is 1. The minimum atomic E-state index is -0.440. The molecule has 0 radical (unpaired) electrons. The number of fused-ring (bicyclic) bond motifs is 1. The van der Waals surface area contributed by atoms with Gasteiger partial charge >= 0.3 is 0 Å². The van der Waals surface area contributed by atoms with Crippen LogP contribution in [0.15, 0.2) is 59.7 Å². The van der Waals surface area contributed by atoms with Crippen LogP contribution in [0.25, 0.3) is 10.8 Å². The highest BCUT2D eigenvalue weighted by molar-refractivity contribution is 6.32. The number of amides is 2. The van der Waals surface area contributed by atoms with E-state index in [4.69, 9.17) is 11.6 Å². The molecule has 0 aliphatic carbocycles. The monoisotopic (exact) mass is 478 g/mol. The normalized spacial score (nSPS) is 15.0. The maximum Gasteiger partial charge on any atom is 0.271 e. The maximum absolute atomic E-state index is 12.7. The van der Waals surface area contributed by atoms with Crippen LogP contribution < -0.4 is 10.7 Å². The molecule has 4 rings (SSSR count). The summed E-state index contributed by atoms with van der Waals surface area (Å²) in [6.07, 6.45) is 3.83. The molecule has 0 unspecified atom stereocenters. The summed E-state index contributed by atoms with van der Waals surface area (Å²) in [7, 11) is 2.10. The van der Waals surface area contributed by atoms with Gasteiger partial charge in [0.25, 0.3) is 5.91 Å². The van der Waals surface area contributed by atoms with Gasteiger partial charge in [0.15, 0.2) is 0 Å². The van der Waals surface area contributed by atoms with Gasteiger partial charge in [0.1, 0.15) is 5.75 Å². The van der Waals surface area contributed by atoms with Crippen molar-refractivity contribution >= 4 is 40.4 Å². The van der Waals surface area contributed by atoms with Gasteiger partial charge in [-0.1, -0.05) is 48.0 Å². The van der Waals surface area contributed by atoms with E-state index < -0.39 is 5.91 Å². The van der Waals surface area contributed by atoms with E-state index in [1.807, 2.05) is 36.4 Å². The molecule has 3 aromatic rings. The Balaban J connectivity index is 1.45. The third kappa shape index (κ3) is 5.73. The van der Waals surface area contributed by atoms with Crippen molar-refractivity contribution in [1.29, 1.82) is 0 Å². The number of halogens is 1. The lowest BCUT2D eigenvalue weighted by Gasteiger charge is -2.29. The van der Waals surface area contributed by atoms with Crippen LogP contribution in [0.5, 0.6) is 5.75 Å². The second-order valence-electron chi connectivity index (χ2n) is 8.55. The number of benzene rings is 3. The van der Waals surface area contributed by atoms with Gasteiger partial charge in [-0.05, 0) is 67.5 Å². The van der Waals surface area contributed by atoms with E-state index in [1.54, 1.807) is 6.21 Å². The van der Waals surface area contributed by atoms with E-state index in [2.05, 4.69) is 27.8 Å². The average molecular weight is 479 g/mol. The van der Waals surface area contributed by atoms with Gasteiger partial charge in [0.2, 0.25) is 5.91 Å².